The number of hydrogen-bond donors (Lipinski definition) is 2. The largest absolute Gasteiger partial charge is 0.490 e. The molecule has 2 aliphatic heterocycles. The highest BCUT2D eigenvalue weighted by Crippen LogP contribution is 2.38. The van der Waals surface area contributed by atoms with E-state index in [2.05, 4.69) is 61.3 Å². The number of alkyl halides is 3. The predicted octanol–water partition coefficient (Wildman–Crippen LogP) is 3.49. The lowest BCUT2D eigenvalue weighted by Gasteiger charge is -2.40. The van der Waals surface area contributed by atoms with E-state index in [9.17, 15) is 18.0 Å². The quantitative estimate of drug-likeness (QED) is 0.510. The van der Waals surface area contributed by atoms with E-state index < -0.39 is 12.1 Å². The van der Waals surface area contributed by atoms with Crippen molar-refractivity contribution in [2.75, 3.05) is 46.2 Å². The van der Waals surface area contributed by atoms with E-state index in [0.29, 0.717) is 12.4 Å². The van der Waals surface area contributed by atoms with Crippen molar-refractivity contribution in [2.45, 2.75) is 32.6 Å². The minimum Gasteiger partial charge on any atom is -0.475 e. The number of carboxylic acid groups (broad SMARTS) is 1. The zero-order valence-electron chi connectivity index (χ0n) is 21.4. The fraction of sp³-hybridized carbons (Fsp3) is 0.346. The van der Waals surface area contributed by atoms with Crippen molar-refractivity contribution in [1.29, 1.82) is 0 Å². The Kier molecular flexibility index (Phi) is 8.17. The highest BCUT2D eigenvalue weighted by molar-refractivity contribution is 6.06. The van der Waals surface area contributed by atoms with Crippen LogP contribution in [0.5, 0.6) is 0 Å². The van der Waals surface area contributed by atoms with Gasteiger partial charge in [0.05, 0.1) is 6.54 Å². The monoisotopic (exact) mass is 543 g/mol. The third kappa shape index (κ3) is 6.54. The van der Waals surface area contributed by atoms with Crippen molar-refractivity contribution in [3.8, 4) is 0 Å². The number of aliphatic carboxylic acids is 1. The number of halogens is 3. The Hall–Kier alpha value is -4.42. The average Bonchev–Trinajstić information content (AvgIpc) is 2.92. The molecular weight excluding hydrogens is 515 g/mol. The van der Waals surface area contributed by atoms with Gasteiger partial charge in [-0.25, -0.2) is 19.7 Å². The summed E-state index contributed by atoms with van der Waals surface area (Å²) < 4.78 is 31.7. The van der Waals surface area contributed by atoms with Gasteiger partial charge in [-0.3, -0.25) is 9.69 Å². The first-order valence-electron chi connectivity index (χ1n) is 12.2. The number of carbonyl (C=O) groups excluding carboxylic acids is 1. The van der Waals surface area contributed by atoms with Gasteiger partial charge in [0.2, 0.25) is 5.91 Å². The van der Waals surface area contributed by atoms with Crippen molar-refractivity contribution in [3.05, 3.63) is 66.1 Å². The van der Waals surface area contributed by atoms with Crippen LogP contribution in [-0.2, 0) is 16.1 Å². The van der Waals surface area contributed by atoms with E-state index in [1.54, 1.807) is 6.33 Å². The molecule has 3 aromatic rings. The normalized spacial score (nSPS) is 17.1. The molecule has 2 aliphatic rings. The van der Waals surface area contributed by atoms with Crippen LogP contribution >= 0.6 is 0 Å². The molecule has 2 N–H and O–H groups in total. The van der Waals surface area contributed by atoms with Crippen molar-refractivity contribution in [3.63, 3.8) is 0 Å². The molecule has 0 spiro atoms. The van der Waals surface area contributed by atoms with Gasteiger partial charge in [-0.15, -0.1) is 0 Å². The lowest BCUT2D eigenvalue weighted by atomic mass is 10.1. The average molecular weight is 544 g/mol. The van der Waals surface area contributed by atoms with Crippen LogP contribution in [0.1, 0.15) is 18.1 Å². The third-order valence-electron chi connectivity index (χ3n) is 6.32. The molecule has 1 aromatic carbocycles. The van der Waals surface area contributed by atoms with Gasteiger partial charge in [-0.05, 0) is 31.5 Å². The molecule has 0 aliphatic carbocycles. The number of carbonyl (C=O) groups is 2. The van der Waals surface area contributed by atoms with Crippen LogP contribution in [0.4, 0.5) is 36.3 Å². The summed E-state index contributed by atoms with van der Waals surface area (Å²) in [5.74, 6) is -0.228. The summed E-state index contributed by atoms with van der Waals surface area (Å²) in [4.78, 5) is 42.0. The maximum atomic E-state index is 13.2. The summed E-state index contributed by atoms with van der Waals surface area (Å²) in [7, 11) is 0. The summed E-state index contributed by atoms with van der Waals surface area (Å²) in [5, 5.41) is 10.4. The molecule has 2 aromatic heterocycles. The summed E-state index contributed by atoms with van der Waals surface area (Å²) in [6.45, 7) is 7.70. The van der Waals surface area contributed by atoms with Gasteiger partial charge in [0.25, 0.3) is 0 Å². The molecule has 1 amide bonds. The lowest BCUT2D eigenvalue weighted by molar-refractivity contribution is -0.192. The topological polar surface area (TPSA) is 115 Å². The number of benzene rings is 1. The Labute approximate surface area is 223 Å². The second kappa shape index (κ2) is 11.5. The van der Waals surface area contributed by atoms with Gasteiger partial charge in [-0.2, -0.15) is 13.2 Å². The summed E-state index contributed by atoms with van der Waals surface area (Å²) in [6, 6.07) is 13.9. The number of aryl methyl sites for hydroxylation is 1. The molecule has 0 bridgehead atoms. The van der Waals surface area contributed by atoms with Gasteiger partial charge < -0.3 is 20.2 Å². The Morgan fingerprint density at radius 3 is 2.26 bits per heavy atom. The summed E-state index contributed by atoms with van der Waals surface area (Å²) in [5.41, 5.74) is 3.05. The van der Waals surface area contributed by atoms with Crippen LogP contribution in [0.3, 0.4) is 0 Å². The molecular formula is C26H28F3N7O3. The predicted molar refractivity (Wildman–Crippen MR) is 140 cm³/mol. The number of hydrogen-bond acceptors (Lipinski definition) is 8. The smallest absolute Gasteiger partial charge is 0.475 e. The standard InChI is InChI=1S/C24H27N7O.C2HF3O2/c1-17-6-8-19(9-7-17)15-31-21-22(28-18(2)24(31)32)26-16-27-23(21)30-13-11-29(12-14-30)20-5-3-4-10-25-20;3-2(4,5)1(6)7/h3-10,16,18H,11-15H2,1-2H3,(H,26,27,28);(H,6,7). The molecule has 4 heterocycles. The van der Waals surface area contributed by atoms with Crippen LogP contribution in [-0.4, -0.2) is 70.3 Å². The number of fused-ring (bicyclic) bond motifs is 1. The number of nitrogens with zero attached hydrogens (tertiary/aromatic N) is 6. The van der Waals surface area contributed by atoms with E-state index in [-0.39, 0.29) is 11.9 Å². The van der Waals surface area contributed by atoms with E-state index >= 15 is 0 Å². The Bertz CT molecular complexity index is 1300. The molecule has 39 heavy (non-hydrogen) atoms. The number of nitrogens with one attached hydrogen (secondary N) is 1. The zero-order valence-corrected chi connectivity index (χ0v) is 21.4. The highest BCUT2D eigenvalue weighted by atomic mass is 19.4. The van der Waals surface area contributed by atoms with Crippen molar-refractivity contribution in [2.24, 2.45) is 0 Å². The Balaban J connectivity index is 0.000000448. The van der Waals surface area contributed by atoms with Crippen LogP contribution in [0.15, 0.2) is 55.0 Å². The van der Waals surface area contributed by atoms with E-state index in [1.165, 1.54) is 5.56 Å². The lowest BCUT2D eigenvalue weighted by Crippen LogP contribution is -2.50. The number of rotatable bonds is 4. The molecule has 0 radical (unpaired) electrons. The number of pyridine rings is 1. The first-order chi connectivity index (χ1) is 18.5. The summed E-state index contributed by atoms with van der Waals surface area (Å²) in [6.07, 6.45) is -1.68. The van der Waals surface area contributed by atoms with E-state index in [0.717, 1.165) is 49.1 Å². The van der Waals surface area contributed by atoms with Crippen molar-refractivity contribution in [1.82, 2.24) is 15.0 Å². The fourth-order valence-electron chi connectivity index (χ4n) is 4.29. The number of aromatic nitrogens is 3. The number of carboxylic acids is 1. The number of anilines is 4. The second-order valence-corrected chi connectivity index (χ2v) is 9.14. The van der Waals surface area contributed by atoms with Gasteiger partial charge in [0.15, 0.2) is 11.6 Å². The Morgan fingerprint density at radius 1 is 1.03 bits per heavy atom. The van der Waals surface area contributed by atoms with Crippen LogP contribution < -0.4 is 20.0 Å². The second-order valence-electron chi connectivity index (χ2n) is 9.14. The van der Waals surface area contributed by atoms with Crippen LogP contribution in [0.2, 0.25) is 0 Å². The molecule has 206 valence electrons. The maximum Gasteiger partial charge on any atom is 0.490 e. The SMILES string of the molecule is Cc1ccc(CN2C(=O)C(C)Nc3ncnc(N4CCN(c5ccccn5)CC4)c32)cc1.O=C(O)C(F)(F)F. The van der Waals surface area contributed by atoms with Gasteiger partial charge in [0.1, 0.15) is 23.9 Å². The van der Waals surface area contributed by atoms with Gasteiger partial charge in [0, 0.05) is 32.4 Å². The summed E-state index contributed by atoms with van der Waals surface area (Å²) >= 11 is 0. The minimum atomic E-state index is -5.08. The first-order valence-corrected chi connectivity index (χ1v) is 12.2. The molecule has 0 saturated carbocycles. The number of amides is 1. The van der Waals surface area contributed by atoms with E-state index in [4.69, 9.17) is 9.90 Å². The zero-order chi connectivity index (χ0) is 28.2. The van der Waals surface area contributed by atoms with Crippen LogP contribution in [0, 0.1) is 6.92 Å². The molecule has 13 heteroatoms. The van der Waals surface area contributed by atoms with Crippen molar-refractivity contribution >= 4 is 35.0 Å². The Morgan fingerprint density at radius 2 is 1.67 bits per heavy atom. The molecule has 1 unspecified atom stereocenters. The molecule has 10 nitrogen and oxygen atoms in total. The third-order valence-corrected chi connectivity index (χ3v) is 6.32. The molecule has 1 saturated heterocycles. The van der Waals surface area contributed by atoms with Gasteiger partial charge >= 0.3 is 12.1 Å². The van der Waals surface area contributed by atoms with Crippen LogP contribution in [0.25, 0.3) is 0 Å². The molecule has 1 fully saturated rings. The number of piperazine rings is 1. The minimum absolute atomic E-state index is 0.0289. The molecule has 1 atom stereocenters. The molecule has 5 rings (SSSR count). The first kappa shape index (κ1) is 27.6. The highest BCUT2D eigenvalue weighted by Gasteiger charge is 2.38. The van der Waals surface area contributed by atoms with Gasteiger partial charge in [-0.1, -0.05) is 35.9 Å². The fourth-order valence-corrected chi connectivity index (χ4v) is 4.29. The van der Waals surface area contributed by atoms with Crippen molar-refractivity contribution < 1.29 is 27.9 Å². The maximum absolute atomic E-state index is 13.2. The van der Waals surface area contributed by atoms with E-state index in [1.807, 2.05) is 36.2 Å².